The van der Waals surface area contributed by atoms with Crippen LogP contribution in [0.25, 0.3) is 0 Å². The van der Waals surface area contributed by atoms with Crippen molar-refractivity contribution in [1.82, 2.24) is 5.32 Å². The first-order valence-electron chi connectivity index (χ1n) is 6.65. The Bertz CT molecular complexity index is 523. The van der Waals surface area contributed by atoms with Gasteiger partial charge in [0.25, 0.3) is 0 Å². The quantitative estimate of drug-likeness (QED) is 0.604. The summed E-state index contributed by atoms with van der Waals surface area (Å²) in [5.74, 6) is 3.00. The van der Waals surface area contributed by atoms with Gasteiger partial charge in [-0.1, -0.05) is 35.7 Å². The first-order chi connectivity index (χ1) is 9.99. The molecule has 21 heavy (non-hydrogen) atoms. The molecule has 1 aromatic carbocycles. The standard InChI is InChI=1S/C16H20BrNO3/c1-5-8-21-14-7-6-13(17)9-12(14)10-18-15(11(2)3)16(19)20-4/h1,6-7,9,11,15,18H,8,10H2,2-4H3/t15-/m0/s1. The van der Waals surface area contributed by atoms with Crippen molar-refractivity contribution in [2.75, 3.05) is 13.7 Å². The maximum atomic E-state index is 11.7. The summed E-state index contributed by atoms with van der Waals surface area (Å²) in [6, 6.07) is 5.30. The molecule has 4 nitrogen and oxygen atoms in total. The summed E-state index contributed by atoms with van der Waals surface area (Å²) in [6.07, 6.45) is 5.21. The molecule has 0 aliphatic carbocycles. The van der Waals surface area contributed by atoms with Gasteiger partial charge in [0.2, 0.25) is 0 Å². The van der Waals surface area contributed by atoms with Crippen LogP contribution in [0, 0.1) is 18.3 Å². The normalized spacial score (nSPS) is 11.8. The van der Waals surface area contributed by atoms with E-state index in [4.69, 9.17) is 15.9 Å². The smallest absolute Gasteiger partial charge is 0.323 e. The van der Waals surface area contributed by atoms with E-state index in [-0.39, 0.29) is 24.5 Å². The molecule has 1 atom stereocenters. The van der Waals surface area contributed by atoms with Crippen molar-refractivity contribution in [2.45, 2.75) is 26.4 Å². The molecule has 0 radical (unpaired) electrons. The molecular formula is C16H20BrNO3. The Labute approximate surface area is 134 Å². The molecule has 0 aliphatic rings. The van der Waals surface area contributed by atoms with Crippen molar-refractivity contribution in [3.05, 3.63) is 28.2 Å². The van der Waals surface area contributed by atoms with Crippen LogP contribution < -0.4 is 10.1 Å². The minimum atomic E-state index is -0.366. The third-order valence-electron chi connectivity index (χ3n) is 2.97. The lowest BCUT2D eigenvalue weighted by Gasteiger charge is -2.20. The fraction of sp³-hybridized carbons (Fsp3) is 0.438. The summed E-state index contributed by atoms with van der Waals surface area (Å²) in [5.41, 5.74) is 0.925. The Morgan fingerprint density at radius 1 is 1.48 bits per heavy atom. The van der Waals surface area contributed by atoms with Crippen LogP contribution in [0.2, 0.25) is 0 Å². The molecule has 0 spiro atoms. The van der Waals surface area contributed by atoms with E-state index in [2.05, 4.69) is 27.2 Å². The van der Waals surface area contributed by atoms with Gasteiger partial charge < -0.3 is 9.47 Å². The number of ether oxygens (including phenoxy) is 2. The Morgan fingerprint density at radius 3 is 2.76 bits per heavy atom. The van der Waals surface area contributed by atoms with E-state index in [1.165, 1.54) is 7.11 Å². The van der Waals surface area contributed by atoms with Crippen molar-refractivity contribution >= 4 is 21.9 Å². The predicted molar refractivity (Wildman–Crippen MR) is 86.0 cm³/mol. The molecule has 1 N–H and O–H groups in total. The van der Waals surface area contributed by atoms with Gasteiger partial charge >= 0.3 is 5.97 Å². The van der Waals surface area contributed by atoms with E-state index in [0.717, 1.165) is 10.0 Å². The molecule has 0 heterocycles. The highest BCUT2D eigenvalue weighted by molar-refractivity contribution is 9.10. The van der Waals surface area contributed by atoms with Gasteiger partial charge in [0.15, 0.2) is 0 Å². The fourth-order valence-corrected chi connectivity index (χ4v) is 2.29. The van der Waals surface area contributed by atoms with Crippen molar-refractivity contribution in [1.29, 1.82) is 0 Å². The lowest BCUT2D eigenvalue weighted by Crippen LogP contribution is -2.41. The number of terminal acetylenes is 1. The number of hydrogen-bond acceptors (Lipinski definition) is 4. The predicted octanol–water partition coefficient (Wildman–Crippen LogP) is 2.75. The average molecular weight is 354 g/mol. The lowest BCUT2D eigenvalue weighted by molar-refractivity contribution is -0.144. The van der Waals surface area contributed by atoms with Gasteiger partial charge in [0.05, 0.1) is 7.11 Å². The van der Waals surface area contributed by atoms with Crippen LogP contribution in [0.3, 0.4) is 0 Å². The molecule has 0 unspecified atom stereocenters. The lowest BCUT2D eigenvalue weighted by atomic mass is 10.0. The van der Waals surface area contributed by atoms with Gasteiger partial charge in [0.1, 0.15) is 18.4 Å². The van der Waals surface area contributed by atoms with E-state index in [0.29, 0.717) is 12.3 Å². The Morgan fingerprint density at radius 2 is 2.19 bits per heavy atom. The van der Waals surface area contributed by atoms with Gasteiger partial charge in [-0.15, -0.1) is 6.42 Å². The second-order valence-corrected chi connectivity index (χ2v) is 5.79. The van der Waals surface area contributed by atoms with E-state index in [9.17, 15) is 4.79 Å². The third-order valence-corrected chi connectivity index (χ3v) is 3.46. The minimum Gasteiger partial charge on any atom is -0.481 e. The number of carbonyl (C=O) groups is 1. The van der Waals surface area contributed by atoms with Crippen LogP contribution >= 0.6 is 15.9 Å². The Balaban J connectivity index is 2.83. The molecule has 0 bridgehead atoms. The minimum absolute atomic E-state index is 0.125. The topological polar surface area (TPSA) is 47.6 Å². The highest BCUT2D eigenvalue weighted by Crippen LogP contribution is 2.23. The summed E-state index contributed by atoms with van der Waals surface area (Å²) in [6.45, 7) is 4.62. The number of hydrogen-bond donors (Lipinski definition) is 1. The van der Waals surface area contributed by atoms with Gasteiger partial charge in [-0.25, -0.2) is 0 Å². The van der Waals surface area contributed by atoms with E-state index in [1.54, 1.807) is 0 Å². The molecule has 1 rings (SSSR count). The molecule has 5 heteroatoms. The summed E-state index contributed by atoms with van der Waals surface area (Å²) in [5, 5.41) is 3.20. The van der Waals surface area contributed by atoms with Crippen molar-refractivity contribution in [2.24, 2.45) is 5.92 Å². The van der Waals surface area contributed by atoms with Crippen LogP contribution in [0.5, 0.6) is 5.75 Å². The molecular weight excluding hydrogens is 334 g/mol. The number of halogens is 1. The van der Waals surface area contributed by atoms with Crippen LogP contribution in [-0.4, -0.2) is 25.7 Å². The van der Waals surface area contributed by atoms with Gasteiger partial charge in [-0.2, -0.15) is 0 Å². The molecule has 0 fully saturated rings. The third kappa shape index (κ3) is 5.41. The Hall–Kier alpha value is -1.51. The summed E-state index contributed by atoms with van der Waals surface area (Å²) in [7, 11) is 1.39. The first kappa shape index (κ1) is 17.5. The molecule has 1 aromatic rings. The molecule has 0 saturated heterocycles. The number of esters is 1. The zero-order valence-corrected chi connectivity index (χ0v) is 14.1. The van der Waals surface area contributed by atoms with Gasteiger partial charge in [-0.05, 0) is 24.1 Å². The van der Waals surface area contributed by atoms with Crippen LogP contribution in [0.4, 0.5) is 0 Å². The monoisotopic (exact) mass is 353 g/mol. The SMILES string of the molecule is C#CCOc1ccc(Br)cc1CN[C@H](C(=O)OC)C(C)C. The number of rotatable bonds is 7. The van der Waals surface area contributed by atoms with Crippen molar-refractivity contribution in [3.63, 3.8) is 0 Å². The van der Waals surface area contributed by atoms with E-state index < -0.39 is 0 Å². The largest absolute Gasteiger partial charge is 0.481 e. The molecule has 0 saturated carbocycles. The highest BCUT2D eigenvalue weighted by atomic mass is 79.9. The zero-order valence-electron chi connectivity index (χ0n) is 12.5. The van der Waals surface area contributed by atoms with Crippen molar-refractivity contribution < 1.29 is 14.3 Å². The number of benzene rings is 1. The van der Waals surface area contributed by atoms with Crippen LogP contribution in [-0.2, 0) is 16.1 Å². The van der Waals surface area contributed by atoms with Gasteiger partial charge in [-0.3, -0.25) is 10.1 Å². The molecule has 0 amide bonds. The summed E-state index contributed by atoms with van der Waals surface area (Å²) < 4.78 is 11.3. The maximum Gasteiger partial charge on any atom is 0.323 e. The zero-order chi connectivity index (χ0) is 15.8. The van der Waals surface area contributed by atoms with Gasteiger partial charge in [0, 0.05) is 16.6 Å². The molecule has 0 aromatic heterocycles. The van der Waals surface area contributed by atoms with Crippen molar-refractivity contribution in [3.8, 4) is 18.1 Å². The summed E-state index contributed by atoms with van der Waals surface area (Å²) >= 11 is 3.43. The number of methoxy groups -OCH3 is 1. The number of nitrogens with one attached hydrogen (secondary N) is 1. The number of carbonyl (C=O) groups excluding carboxylic acids is 1. The average Bonchev–Trinajstić information content (AvgIpc) is 2.45. The molecule has 114 valence electrons. The second-order valence-electron chi connectivity index (χ2n) is 4.87. The van der Waals surface area contributed by atoms with E-state index >= 15 is 0 Å². The van der Waals surface area contributed by atoms with Crippen LogP contribution in [0.15, 0.2) is 22.7 Å². The Kier molecular flexibility index (Phi) is 7.27. The summed E-state index contributed by atoms with van der Waals surface area (Å²) in [4.78, 5) is 11.7. The second kappa shape index (κ2) is 8.71. The van der Waals surface area contributed by atoms with E-state index in [1.807, 2.05) is 32.0 Å². The fourth-order valence-electron chi connectivity index (χ4n) is 1.88. The maximum absolute atomic E-state index is 11.7. The first-order valence-corrected chi connectivity index (χ1v) is 7.44. The highest BCUT2D eigenvalue weighted by Gasteiger charge is 2.22. The van der Waals surface area contributed by atoms with Crippen LogP contribution in [0.1, 0.15) is 19.4 Å². The molecule has 0 aliphatic heterocycles.